The molecular formula is C16H21BrN6O3. The maximum Gasteiger partial charge on any atom is 0.223 e. The van der Waals surface area contributed by atoms with Crippen LogP contribution >= 0.6 is 15.9 Å². The van der Waals surface area contributed by atoms with Crippen LogP contribution in [0, 0.1) is 0 Å². The normalized spacial score (nSPS) is 10.2. The largest absolute Gasteiger partial charge is 0.491 e. The van der Waals surface area contributed by atoms with Gasteiger partial charge in [0.25, 0.3) is 0 Å². The highest BCUT2D eigenvalue weighted by Crippen LogP contribution is 2.38. The molecule has 0 aliphatic heterocycles. The van der Waals surface area contributed by atoms with Crippen molar-refractivity contribution in [1.82, 2.24) is 24.5 Å². The fourth-order valence-corrected chi connectivity index (χ4v) is 2.82. The molecule has 3 aromatic rings. The van der Waals surface area contributed by atoms with Gasteiger partial charge in [-0.1, -0.05) is 13.8 Å². The number of imidazole rings is 1. The van der Waals surface area contributed by atoms with Gasteiger partial charge in [-0.15, -0.1) is 0 Å². The molecule has 0 aliphatic carbocycles. The van der Waals surface area contributed by atoms with Crippen molar-refractivity contribution in [2.75, 3.05) is 27.1 Å². The molecule has 10 heteroatoms. The molecule has 0 atom stereocenters. The molecule has 140 valence electrons. The Morgan fingerprint density at radius 2 is 1.73 bits per heavy atom. The smallest absolute Gasteiger partial charge is 0.223 e. The molecule has 26 heavy (non-hydrogen) atoms. The Morgan fingerprint density at radius 3 is 2.35 bits per heavy atom. The minimum atomic E-state index is 0.156. The summed E-state index contributed by atoms with van der Waals surface area (Å²) in [5.74, 6) is 1.61. The summed E-state index contributed by atoms with van der Waals surface area (Å²) in [7, 11) is 4.63. The molecule has 0 spiro atoms. The van der Waals surface area contributed by atoms with Gasteiger partial charge in [0.1, 0.15) is 15.8 Å². The van der Waals surface area contributed by atoms with E-state index >= 15 is 0 Å². The summed E-state index contributed by atoms with van der Waals surface area (Å²) in [5.41, 5.74) is 7.56. The van der Waals surface area contributed by atoms with Crippen LogP contribution in [0.4, 0.5) is 5.95 Å². The Kier molecular flexibility index (Phi) is 6.56. The van der Waals surface area contributed by atoms with Crippen LogP contribution in [0.25, 0.3) is 11.2 Å². The van der Waals surface area contributed by atoms with Crippen molar-refractivity contribution in [2.24, 2.45) is 0 Å². The Bertz CT molecular complexity index is 899. The van der Waals surface area contributed by atoms with E-state index in [2.05, 4.69) is 35.9 Å². The number of hydrogen-bond donors (Lipinski definition) is 1. The minimum Gasteiger partial charge on any atom is -0.491 e. The van der Waals surface area contributed by atoms with Crippen LogP contribution in [0.15, 0.2) is 17.1 Å². The van der Waals surface area contributed by atoms with Crippen molar-refractivity contribution in [3.8, 4) is 17.2 Å². The highest BCUT2D eigenvalue weighted by Gasteiger charge is 2.19. The average molecular weight is 425 g/mol. The van der Waals surface area contributed by atoms with Crippen LogP contribution in [0.2, 0.25) is 0 Å². The number of nitrogen functional groups attached to an aromatic ring is 1. The van der Waals surface area contributed by atoms with Gasteiger partial charge < -0.3 is 24.5 Å². The first-order valence-electron chi connectivity index (χ1n) is 7.86. The molecule has 0 aromatic carbocycles. The SMILES string of the molecule is CC.COc1cnc(Cn2cnc3c(Br)nc(N)nc32)c(OC)c1OC. The van der Waals surface area contributed by atoms with E-state index < -0.39 is 0 Å². The van der Waals surface area contributed by atoms with Crippen LogP contribution in [-0.2, 0) is 6.54 Å². The number of pyridine rings is 1. The van der Waals surface area contributed by atoms with E-state index in [1.54, 1.807) is 38.4 Å². The number of halogens is 1. The molecule has 0 bridgehead atoms. The van der Waals surface area contributed by atoms with Crippen molar-refractivity contribution < 1.29 is 14.2 Å². The van der Waals surface area contributed by atoms with Gasteiger partial charge in [-0.25, -0.2) is 9.97 Å². The molecular weight excluding hydrogens is 404 g/mol. The van der Waals surface area contributed by atoms with Crippen LogP contribution in [0.3, 0.4) is 0 Å². The third kappa shape index (κ3) is 3.64. The number of nitrogens with zero attached hydrogens (tertiary/aromatic N) is 5. The molecule has 0 saturated heterocycles. The zero-order valence-corrected chi connectivity index (χ0v) is 16.9. The summed E-state index contributed by atoms with van der Waals surface area (Å²) in [6.45, 7) is 4.36. The summed E-state index contributed by atoms with van der Waals surface area (Å²) in [6, 6.07) is 0. The van der Waals surface area contributed by atoms with E-state index in [9.17, 15) is 0 Å². The number of anilines is 1. The van der Waals surface area contributed by atoms with Crippen LogP contribution in [-0.4, -0.2) is 45.8 Å². The van der Waals surface area contributed by atoms with Crippen LogP contribution < -0.4 is 19.9 Å². The summed E-state index contributed by atoms with van der Waals surface area (Å²) < 4.78 is 18.4. The van der Waals surface area contributed by atoms with E-state index in [0.717, 1.165) is 0 Å². The van der Waals surface area contributed by atoms with Crippen molar-refractivity contribution in [3.63, 3.8) is 0 Å². The minimum absolute atomic E-state index is 0.156. The monoisotopic (exact) mass is 424 g/mol. The van der Waals surface area contributed by atoms with Crippen molar-refractivity contribution in [1.29, 1.82) is 0 Å². The quantitative estimate of drug-likeness (QED) is 0.622. The van der Waals surface area contributed by atoms with Gasteiger partial charge in [-0.3, -0.25) is 4.98 Å². The van der Waals surface area contributed by atoms with Crippen LogP contribution in [0.1, 0.15) is 19.5 Å². The number of hydrogen-bond acceptors (Lipinski definition) is 8. The first-order chi connectivity index (χ1) is 12.6. The number of fused-ring (bicyclic) bond motifs is 1. The summed E-state index contributed by atoms with van der Waals surface area (Å²) >= 11 is 3.33. The predicted octanol–water partition coefficient (Wildman–Crippen LogP) is 2.67. The number of ether oxygens (including phenoxy) is 3. The van der Waals surface area contributed by atoms with Gasteiger partial charge in [0.15, 0.2) is 17.1 Å². The third-order valence-electron chi connectivity index (χ3n) is 3.42. The average Bonchev–Trinajstić information content (AvgIpc) is 3.05. The van der Waals surface area contributed by atoms with Gasteiger partial charge in [0.05, 0.1) is 40.4 Å². The molecule has 0 amide bonds. The molecule has 3 rings (SSSR count). The van der Waals surface area contributed by atoms with E-state index in [1.807, 2.05) is 13.8 Å². The highest BCUT2D eigenvalue weighted by molar-refractivity contribution is 9.10. The predicted molar refractivity (Wildman–Crippen MR) is 102 cm³/mol. The summed E-state index contributed by atoms with van der Waals surface area (Å²) in [6.07, 6.45) is 3.22. The van der Waals surface area contributed by atoms with E-state index in [-0.39, 0.29) is 5.95 Å². The fourth-order valence-electron chi connectivity index (χ4n) is 2.36. The van der Waals surface area contributed by atoms with Crippen molar-refractivity contribution in [2.45, 2.75) is 20.4 Å². The lowest BCUT2D eigenvalue weighted by Gasteiger charge is -2.15. The van der Waals surface area contributed by atoms with Crippen molar-refractivity contribution in [3.05, 3.63) is 22.8 Å². The first-order valence-corrected chi connectivity index (χ1v) is 8.66. The molecule has 0 fully saturated rings. The summed E-state index contributed by atoms with van der Waals surface area (Å²) in [5, 5.41) is 0. The standard InChI is InChI=1S/C14H15BrN6O3.C2H6/c1-22-8-4-17-7(10(23-2)11(8)24-3)5-21-6-18-9-12(15)19-14(16)20-13(9)21;1-2/h4,6H,5H2,1-3H3,(H2,16,19,20);1-2H3. The van der Waals surface area contributed by atoms with Gasteiger partial charge in [0.2, 0.25) is 11.7 Å². The van der Waals surface area contributed by atoms with Gasteiger partial charge >= 0.3 is 0 Å². The van der Waals surface area contributed by atoms with Gasteiger partial charge in [-0.2, -0.15) is 4.98 Å². The lowest BCUT2D eigenvalue weighted by molar-refractivity contribution is 0.318. The number of methoxy groups -OCH3 is 3. The number of aromatic nitrogens is 5. The maximum absolute atomic E-state index is 5.72. The van der Waals surface area contributed by atoms with Gasteiger partial charge in [-0.05, 0) is 15.9 Å². The second-order valence-electron chi connectivity index (χ2n) is 4.76. The van der Waals surface area contributed by atoms with Gasteiger partial charge in [0, 0.05) is 0 Å². The molecule has 0 radical (unpaired) electrons. The number of rotatable bonds is 5. The van der Waals surface area contributed by atoms with Crippen molar-refractivity contribution >= 4 is 33.0 Å². The molecule has 0 unspecified atom stereocenters. The summed E-state index contributed by atoms with van der Waals surface area (Å²) in [4.78, 5) is 17.0. The van der Waals surface area contributed by atoms with E-state index in [1.165, 1.54) is 0 Å². The van der Waals surface area contributed by atoms with E-state index in [4.69, 9.17) is 19.9 Å². The maximum atomic E-state index is 5.72. The molecule has 3 heterocycles. The first kappa shape index (κ1) is 19.7. The Morgan fingerprint density at radius 1 is 1.04 bits per heavy atom. The van der Waals surface area contributed by atoms with E-state index in [0.29, 0.717) is 45.3 Å². The zero-order valence-electron chi connectivity index (χ0n) is 15.3. The number of nitrogens with two attached hydrogens (primary N) is 1. The van der Waals surface area contributed by atoms with Crippen LogP contribution in [0.5, 0.6) is 17.2 Å². The molecule has 9 nitrogen and oxygen atoms in total. The molecule has 2 N–H and O–H groups in total. The lowest BCUT2D eigenvalue weighted by atomic mass is 10.2. The molecule has 0 aliphatic rings. The lowest BCUT2D eigenvalue weighted by Crippen LogP contribution is -2.07. The Labute approximate surface area is 159 Å². The fraction of sp³-hybridized carbons (Fsp3) is 0.375. The highest BCUT2D eigenvalue weighted by atomic mass is 79.9. The molecule has 0 saturated carbocycles. The Balaban J connectivity index is 0.00000117. The Hall–Kier alpha value is -2.62. The second-order valence-corrected chi connectivity index (χ2v) is 5.51. The second kappa shape index (κ2) is 8.65. The topological polar surface area (TPSA) is 110 Å². The third-order valence-corrected chi connectivity index (χ3v) is 3.97. The zero-order chi connectivity index (χ0) is 19.3. The molecule has 3 aromatic heterocycles.